The fourth-order valence-electron chi connectivity index (χ4n) is 3.08. The highest BCUT2D eigenvalue weighted by molar-refractivity contribution is 5.21. The third kappa shape index (κ3) is 3.80. The second-order valence-electron chi connectivity index (χ2n) is 6.57. The fraction of sp³-hybridized carbons (Fsp3) is 0.647. The van der Waals surface area contributed by atoms with Crippen molar-refractivity contribution in [1.29, 1.82) is 0 Å². The molecule has 0 aliphatic carbocycles. The van der Waals surface area contributed by atoms with Crippen molar-refractivity contribution < 1.29 is 8.78 Å². The molecule has 1 aliphatic rings. The quantitative estimate of drug-likeness (QED) is 0.921. The minimum atomic E-state index is -0.503. The Kier molecular flexibility index (Phi) is 5.33. The number of hydrogen-bond donors (Lipinski definition) is 1. The lowest BCUT2D eigenvalue weighted by atomic mass is 9.87. The van der Waals surface area contributed by atoms with Crippen molar-refractivity contribution in [1.82, 2.24) is 4.90 Å². The molecule has 1 unspecified atom stereocenters. The van der Waals surface area contributed by atoms with Gasteiger partial charge in [-0.1, -0.05) is 18.9 Å². The zero-order chi connectivity index (χ0) is 15.5. The van der Waals surface area contributed by atoms with Gasteiger partial charge >= 0.3 is 0 Å². The number of likely N-dealkylation sites (tertiary alicyclic amines) is 1. The first-order valence-electron chi connectivity index (χ1n) is 7.86. The molecular weight excluding hydrogens is 270 g/mol. The minimum absolute atomic E-state index is 0.105. The van der Waals surface area contributed by atoms with Gasteiger partial charge in [0.25, 0.3) is 0 Å². The van der Waals surface area contributed by atoms with E-state index in [4.69, 9.17) is 5.73 Å². The SMILES string of the molecule is CC(C)(C(N)Cc1c(F)cccc1F)N1CCCCCC1. The summed E-state index contributed by atoms with van der Waals surface area (Å²) >= 11 is 0. The van der Waals surface area contributed by atoms with E-state index in [9.17, 15) is 8.78 Å². The smallest absolute Gasteiger partial charge is 0.129 e. The Labute approximate surface area is 126 Å². The van der Waals surface area contributed by atoms with Gasteiger partial charge in [-0.3, -0.25) is 4.90 Å². The monoisotopic (exact) mass is 296 g/mol. The molecular formula is C17H26F2N2. The average molecular weight is 296 g/mol. The molecule has 2 rings (SSSR count). The summed E-state index contributed by atoms with van der Waals surface area (Å²) in [5.74, 6) is -1.01. The van der Waals surface area contributed by atoms with E-state index in [0.717, 1.165) is 13.1 Å². The van der Waals surface area contributed by atoms with Crippen molar-refractivity contribution in [3.8, 4) is 0 Å². The predicted molar refractivity (Wildman–Crippen MR) is 82.2 cm³/mol. The maximum atomic E-state index is 13.8. The average Bonchev–Trinajstić information content (AvgIpc) is 2.72. The Morgan fingerprint density at radius 1 is 1.10 bits per heavy atom. The molecule has 0 bridgehead atoms. The van der Waals surface area contributed by atoms with Gasteiger partial charge in [-0.15, -0.1) is 0 Å². The largest absolute Gasteiger partial charge is 0.326 e. The number of rotatable bonds is 4. The number of benzene rings is 1. The van der Waals surface area contributed by atoms with E-state index in [2.05, 4.69) is 18.7 Å². The van der Waals surface area contributed by atoms with Crippen LogP contribution in [-0.4, -0.2) is 29.6 Å². The first-order chi connectivity index (χ1) is 9.93. The molecule has 1 heterocycles. The van der Waals surface area contributed by atoms with Gasteiger partial charge in [0.1, 0.15) is 11.6 Å². The van der Waals surface area contributed by atoms with E-state index in [1.54, 1.807) is 0 Å². The normalized spacial score (nSPS) is 19.3. The van der Waals surface area contributed by atoms with Gasteiger partial charge < -0.3 is 5.73 Å². The van der Waals surface area contributed by atoms with E-state index in [0.29, 0.717) is 0 Å². The molecule has 4 heteroatoms. The Balaban J connectivity index is 2.12. The van der Waals surface area contributed by atoms with E-state index in [-0.39, 0.29) is 23.6 Å². The second kappa shape index (κ2) is 6.84. The summed E-state index contributed by atoms with van der Waals surface area (Å²) in [6.45, 7) is 6.20. The highest BCUT2D eigenvalue weighted by atomic mass is 19.1. The van der Waals surface area contributed by atoms with E-state index in [1.807, 2.05) is 0 Å². The minimum Gasteiger partial charge on any atom is -0.326 e. The molecule has 1 aliphatic heterocycles. The molecule has 21 heavy (non-hydrogen) atoms. The topological polar surface area (TPSA) is 29.3 Å². The highest BCUT2D eigenvalue weighted by Gasteiger charge is 2.34. The lowest BCUT2D eigenvalue weighted by Gasteiger charge is -2.42. The van der Waals surface area contributed by atoms with E-state index < -0.39 is 11.6 Å². The molecule has 118 valence electrons. The lowest BCUT2D eigenvalue weighted by Crippen LogP contribution is -2.57. The summed E-state index contributed by atoms with van der Waals surface area (Å²) < 4.78 is 27.6. The van der Waals surface area contributed by atoms with Crippen molar-refractivity contribution in [2.45, 2.75) is 57.5 Å². The number of hydrogen-bond acceptors (Lipinski definition) is 2. The Hall–Kier alpha value is -1.00. The van der Waals surface area contributed by atoms with Gasteiger partial charge in [-0.2, -0.15) is 0 Å². The lowest BCUT2D eigenvalue weighted by molar-refractivity contribution is 0.0973. The highest BCUT2D eigenvalue weighted by Crippen LogP contribution is 2.25. The first kappa shape index (κ1) is 16.4. The molecule has 1 saturated heterocycles. The predicted octanol–water partition coefficient (Wildman–Crippen LogP) is 3.49. The van der Waals surface area contributed by atoms with Gasteiger partial charge in [0, 0.05) is 17.1 Å². The van der Waals surface area contributed by atoms with Crippen LogP contribution < -0.4 is 5.73 Å². The molecule has 0 saturated carbocycles. The number of nitrogens with two attached hydrogens (primary N) is 1. The molecule has 2 nitrogen and oxygen atoms in total. The number of nitrogens with zero attached hydrogens (tertiary/aromatic N) is 1. The van der Waals surface area contributed by atoms with Crippen LogP contribution in [0.5, 0.6) is 0 Å². The molecule has 0 amide bonds. The van der Waals surface area contributed by atoms with E-state index >= 15 is 0 Å². The van der Waals surface area contributed by atoms with Gasteiger partial charge in [0.05, 0.1) is 0 Å². The third-order valence-corrected chi connectivity index (χ3v) is 4.81. The van der Waals surface area contributed by atoms with Gasteiger partial charge in [0.2, 0.25) is 0 Å². The summed E-state index contributed by atoms with van der Waals surface area (Å²) in [6.07, 6.45) is 5.07. The summed E-state index contributed by atoms with van der Waals surface area (Å²) in [5.41, 5.74) is 6.17. The second-order valence-corrected chi connectivity index (χ2v) is 6.57. The fourth-order valence-corrected chi connectivity index (χ4v) is 3.08. The maximum Gasteiger partial charge on any atom is 0.129 e. The van der Waals surface area contributed by atoms with Crippen LogP contribution in [0.1, 0.15) is 45.1 Å². The van der Waals surface area contributed by atoms with Gasteiger partial charge in [-0.05, 0) is 58.3 Å². The standard InChI is InChI=1S/C17H26F2N2/c1-17(2,21-10-5-3-4-6-11-21)16(20)12-13-14(18)8-7-9-15(13)19/h7-9,16H,3-6,10-12,20H2,1-2H3. The van der Waals surface area contributed by atoms with Crippen molar-refractivity contribution >= 4 is 0 Å². The molecule has 1 aromatic rings. The van der Waals surface area contributed by atoms with Crippen molar-refractivity contribution in [2.24, 2.45) is 5.73 Å². The first-order valence-corrected chi connectivity index (χ1v) is 7.86. The van der Waals surface area contributed by atoms with Crippen LogP contribution >= 0.6 is 0 Å². The zero-order valence-electron chi connectivity index (χ0n) is 13.0. The van der Waals surface area contributed by atoms with Crippen LogP contribution in [-0.2, 0) is 6.42 Å². The van der Waals surface area contributed by atoms with Gasteiger partial charge in [-0.25, -0.2) is 8.78 Å². The Morgan fingerprint density at radius 3 is 2.14 bits per heavy atom. The summed E-state index contributed by atoms with van der Waals surface area (Å²) in [7, 11) is 0. The van der Waals surface area contributed by atoms with Crippen LogP contribution in [0.3, 0.4) is 0 Å². The molecule has 1 atom stereocenters. The van der Waals surface area contributed by atoms with Crippen LogP contribution in [0.4, 0.5) is 8.78 Å². The molecule has 1 aromatic carbocycles. The van der Waals surface area contributed by atoms with Crippen molar-refractivity contribution in [3.05, 3.63) is 35.4 Å². The molecule has 0 spiro atoms. The van der Waals surface area contributed by atoms with Crippen LogP contribution in [0.15, 0.2) is 18.2 Å². The molecule has 1 fully saturated rings. The summed E-state index contributed by atoms with van der Waals surface area (Å²) in [6, 6.07) is 3.68. The van der Waals surface area contributed by atoms with Crippen molar-refractivity contribution in [2.75, 3.05) is 13.1 Å². The van der Waals surface area contributed by atoms with Crippen LogP contribution in [0.2, 0.25) is 0 Å². The molecule has 0 aromatic heterocycles. The van der Waals surface area contributed by atoms with Crippen LogP contribution in [0.25, 0.3) is 0 Å². The molecule has 0 radical (unpaired) electrons. The zero-order valence-corrected chi connectivity index (χ0v) is 13.0. The van der Waals surface area contributed by atoms with Crippen molar-refractivity contribution in [3.63, 3.8) is 0 Å². The van der Waals surface area contributed by atoms with Gasteiger partial charge in [0.15, 0.2) is 0 Å². The maximum absolute atomic E-state index is 13.8. The Morgan fingerprint density at radius 2 is 1.62 bits per heavy atom. The van der Waals surface area contributed by atoms with Crippen LogP contribution in [0, 0.1) is 11.6 Å². The summed E-state index contributed by atoms with van der Waals surface area (Å²) in [5, 5.41) is 0. The van der Waals surface area contributed by atoms with E-state index in [1.165, 1.54) is 43.9 Å². The summed E-state index contributed by atoms with van der Waals surface area (Å²) in [4.78, 5) is 2.38. The number of halogens is 2. The Bertz CT molecular complexity index is 446. The molecule has 2 N–H and O–H groups in total. The third-order valence-electron chi connectivity index (χ3n) is 4.81.